The van der Waals surface area contributed by atoms with Crippen molar-refractivity contribution >= 4 is 12.2 Å². The highest BCUT2D eigenvalue weighted by atomic mass is 16.7. The Bertz CT molecular complexity index is 491. The van der Waals surface area contributed by atoms with Gasteiger partial charge in [0.25, 0.3) is 0 Å². The summed E-state index contributed by atoms with van der Waals surface area (Å²) < 4.78 is 16.2. The molecule has 0 radical (unpaired) electrons. The zero-order chi connectivity index (χ0) is 19.6. The van der Waals surface area contributed by atoms with Crippen molar-refractivity contribution in [1.82, 2.24) is 4.90 Å². The third-order valence-electron chi connectivity index (χ3n) is 3.78. The lowest BCUT2D eigenvalue weighted by Gasteiger charge is -2.45. The summed E-state index contributed by atoms with van der Waals surface area (Å²) in [5.74, 6) is 0. The van der Waals surface area contributed by atoms with Crippen LogP contribution in [0.1, 0.15) is 68.2 Å². The number of carbonyl (C=O) groups excluding carboxylic acids is 2. The van der Waals surface area contributed by atoms with Gasteiger partial charge in [0.05, 0.1) is 18.7 Å². The minimum Gasteiger partial charge on any atom is -0.444 e. The molecule has 146 valence electrons. The van der Waals surface area contributed by atoms with E-state index in [1.165, 1.54) is 4.90 Å². The molecule has 0 spiro atoms. The van der Waals surface area contributed by atoms with Gasteiger partial charge in [0.15, 0.2) is 0 Å². The summed E-state index contributed by atoms with van der Waals surface area (Å²) in [6.45, 7) is 14.1. The number of likely N-dealkylation sites (tertiary alicyclic amines) is 1. The maximum atomic E-state index is 12.6. The Morgan fingerprint density at radius 3 is 2.08 bits per heavy atom. The number of rotatable bonds is 2. The summed E-state index contributed by atoms with van der Waals surface area (Å²) in [4.78, 5) is 26.0. The van der Waals surface area contributed by atoms with Gasteiger partial charge in [-0.3, -0.25) is 4.90 Å². The van der Waals surface area contributed by atoms with Crippen LogP contribution in [0.5, 0.6) is 0 Å². The molecule has 1 N–H and O–H groups in total. The summed E-state index contributed by atoms with van der Waals surface area (Å²) >= 11 is 0. The van der Waals surface area contributed by atoms with E-state index >= 15 is 0 Å². The number of amides is 1. The first-order valence-electron chi connectivity index (χ1n) is 8.72. The van der Waals surface area contributed by atoms with Gasteiger partial charge >= 0.3 is 12.2 Å². The maximum absolute atomic E-state index is 12.6. The lowest BCUT2D eigenvalue weighted by molar-refractivity contribution is -0.104. The average Bonchev–Trinajstić information content (AvgIpc) is 2.32. The number of nitrogens with zero attached hydrogens (tertiary/aromatic N) is 1. The predicted octanol–water partition coefficient (Wildman–Crippen LogP) is 3.48. The van der Waals surface area contributed by atoms with E-state index in [0.29, 0.717) is 12.8 Å². The van der Waals surface area contributed by atoms with Gasteiger partial charge < -0.3 is 19.3 Å². The van der Waals surface area contributed by atoms with Crippen LogP contribution >= 0.6 is 0 Å². The minimum atomic E-state index is -0.898. The molecule has 3 atom stereocenters. The molecule has 1 saturated heterocycles. The molecule has 0 unspecified atom stereocenters. The summed E-state index contributed by atoms with van der Waals surface area (Å²) in [5, 5.41) is 10.0. The van der Waals surface area contributed by atoms with E-state index in [2.05, 4.69) is 0 Å². The Balaban J connectivity index is 2.89. The van der Waals surface area contributed by atoms with E-state index in [1.807, 2.05) is 0 Å². The van der Waals surface area contributed by atoms with Crippen LogP contribution in [0.15, 0.2) is 0 Å². The third-order valence-corrected chi connectivity index (χ3v) is 3.78. The number of hydrogen-bond acceptors (Lipinski definition) is 6. The normalized spacial score (nSPS) is 26.0. The third kappa shape index (κ3) is 7.10. The Kier molecular flexibility index (Phi) is 6.37. The van der Waals surface area contributed by atoms with E-state index < -0.39 is 35.2 Å². The van der Waals surface area contributed by atoms with Crippen molar-refractivity contribution in [3.8, 4) is 0 Å². The fraction of sp³-hybridized carbons (Fsp3) is 0.889. The summed E-state index contributed by atoms with van der Waals surface area (Å²) in [6, 6.07) is -0.384. The molecule has 0 aromatic heterocycles. The van der Waals surface area contributed by atoms with Gasteiger partial charge in [-0.25, -0.2) is 9.59 Å². The lowest BCUT2D eigenvalue weighted by atomic mass is 9.88. The number of carbonyl (C=O) groups is 2. The van der Waals surface area contributed by atoms with Crippen LogP contribution in [0, 0.1) is 0 Å². The average molecular weight is 359 g/mol. The zero-order valence-electron chi connectivity index (χ0n) is 16.7. The highest BCUT2D eigenvalue weighted by Gasteiger charge is 2.44. The highest BCUT2D eigenvalue weighted by Crippen LogP contribution is 2.32. The van der Waals surface area contributed by atoms with Gasteiger partial charge in [-0.1, -0.05) is 0 Å². The van der Waals surface area contributed by atoms with Crippen molar-refractivity contribution in [2.45, 2.75) is 97.2 Å². The molecular formula is C18H33NO6. The molecule has 7 heteroatoms. The molecule has 0 saturated carbocycles. The highest BCUT2D eigenvalue weighted by molar-refractivity contribution is 5.69. The van der Waals surface area contributed by atoms with Gasteiger partial charge in [0.2, 0.25) is 0 Å². The smallest absolute Gasteiger partial charge is 0.444 e. The Morgan fingerprint density at radius 1 is 1.12 bits per heavy atom. The molecule has 0 aliphatic carbocycles. The van der Waals surface area contributed by atoms with Crippen LogP contribution in [0.25, 0.3) is 0 Å². The molecule has 0 bridgehead atoms. The Hall–Kier alpha value is -1.50. The van der Waals surface area contributed by atoms with Crippen LogP contribution in [0.4, 0.5) is 9.59 Å². The molecule has 0 aromatic rings. The summed E-state index contributed by atoms with van der Waals surface area (Å²) in [5.41, 5.74) is -2.21. The predicted molar refractivity (Wildman–Crippen MR) is 93.4 cm³/mol. The molecule has 1 rings (SSSR count). The largest absolute Gasteiger partial charge is 0.509 e. The van der Waals surface area contributed by atoms with Crippen molar-refractivity contribution in [2.24, 2.45) is 0 Å². The monoisotopic (exact) mass is 359 g/mol. The number of ether oxygens (including phenoxy) is 3. The lowest BCUT2D eigenvalue weighted by Crippen LogP contribution is -2.59. The molecular weight excluding hydrogens is 326 g/mol. The number of hydrogen-bond donors (Lipinski definition) is 1. The van der Waals surface area contributed by atoms with Crippen LogP contribution in [-0.4, -0.2) is 57.7 Å². The van der Waals surface area contributed by atoms with Gasteiger partial charge in [-0.15, -0.1) is 0 Å². The van der Waals surface area contributed by atoms with Crippen LogP contribution in [-0.2, 0) is 14.2 Å². The van der Waals surface area contributed by atoms with Crippen molar-refractivity contribution < 1.29 is 28.9 Å². The zero-order valence-corrected chi connectivity index (χ0v) is 16.7. The van der Waals surface area contributed by atoms with E-state index in [9.17, 15) is 14.7 Å². The van der Waals surface area contributed by atoms with Crippen LogP contribution < -0.4 is 0 Å². The van der Waals surface area contributed by atoms with Gasteiger partial charge in [-0.2, -0.15) is 0 Å². The maximum Gasteiger partial charge on any atom is 0.509 e. The molecule has 1 heterocycles. The molecule has 0 aromatic carbocycles. The van der Waals surface area contributed by atoms with E-state index in [-0.39, 0.29) is 12.6 Å². The van der Waals surface area contributed by atoms with Gasteiger partial charge in [0.1, 0.15) is 16.8 Å². The van der Waals surface area contributed by atoms with Crippen LogP contribution in [0.3, 0.4) is 0 Å². The summed E-state index contributed by atoms with van der Waals surface area (Å²) in [6.07, 6.45) is -0.998. The van der Waals surface area contributed by atoms with E-state index in [1.54, 1.807) is 55.4 Å². The van der Waals surface area contributed by atoms with Crippen molar-refractivity contribution in [3.05, 3.63) is 0 Å². The topological polar surface area (TPSA) is 85.3 Å². The number of aliphatic hydroxyl groups is 1. The van der Waals surface area contributed by atoms with Gasteiger partial charge in [0, 0.05) is 0 Å². The molecule has 1 fully saturated rings. The summed E-state index contributed by atoms with van der Waals surface area (Å²) in [7, 11) is 0. The second kappa shape index (κ2) is 7.40. The van der Waals surface area contributed by atoms with Crippen molar-refractivity contribution in [2.75, 3.05) is 6.54 Å². The van der Waals surface area contributed by atoms with E-state index in [4.69, 9.17) is 14.2 Å². The quantitative estimate of drug-likeness (QED) is 0.760. The molecule has 1 aliphatic rings. The second-order valence-electron chi connectivity index (χ2n) is 8.97. The first kappa shape index (κ1) is 21.5. The Labute approximate surface area is 150 Å². The van der Waals surface area contributed by atoms with Crippen LogP contribution in [0.2, 0.25) is 0 Å². The SMILES string of the molecule is C[C@@H](O)[C@H]1CC[C@@](C)(OC(=O)OC(C)(C)C)CN1C(=O)OC(C)(C)C. The standard InChI is InChI=1S/C18H33NO6/c1-12(20)13-9-10-18(8,25-15(22)24-17(5,6)7)11-19(13)14(21)23-16(2,3)4/h12-13,20H,9-11H2,1-8H3/t12-,13-,18-/m1/s1. The second-order valence-corrected chi connectivity index (χ2v) is 8.97. The van der Waals surface area contributed by atoms with Crippen molar-refractivity contribution in [3.63, 3.8) is 0 Å². The number of aliphatic hydroxyl groups excluding tert-OH is 1. The Morgan fingerprint density at radius 2 is 1.64 bits per heavy atom. The van der Waals surface area contributed by atoms with Crippen molar-refractivity contribution in [1.29, 1.82) is 0 Å². The van der Waals surface area contributed by atoms with E-state index in [0.717, 1.165) is 0 Å². The molecule has 1 aliphatic heterocycles. The first-order valence-corrected chi connectivity index (χ1v) is 8.72. The molecule has 25 heavy (non-hydrogen) atoms. The number of piperidine rings is 1. The molecule has 7 nitrogen and oxygen atoms in total. The molecule has 1 amide bonds. The first-order chi connectivity index (χ1) is 11.1. The minimum absolute atomic E-state index is 0.136. The fourth-order valence-electron chi connectivity index (χ4n) is 2.74. The fourth-order valence-corrected chi connectivity index (χ4v) is 2.74. The van der Waals surface area contributed by atoms with Gasteiger partial charge in [-0.05, 0) is 68.2 Å².